The summed E-state index contributed by atoms with van der Waals surface area (Å²) in [5.74, 6) is 1.68. The zero-order chi connectivity index (χ0) is 17.0. The van der Waals surface area contributed by atoms with Crippen LogP contribution < -0.4 is 10.2 Å². The van der Waals surface area contributed by atoms with Gasteiger partial charge >= 0.3 is 0 Å². The van der Waals surface area contributed by atoms with Gasteiger partial charge in [-0.1, -0.05) is 0 Å². The van der Waals surface area contributed by atoms with E-state index in [1.54, 1.807) is 24.3 Å². The van der Waals surface area contributed by atoms with Crippen molar-refractivity contribution in [2.75, 3.05) is 12.4 Å². The van der Waals surface area contributed by atoms with Gasteiger partial charge in [0.25, 0.3) is 5.91 Å². The topological polar surface area (TPSA) is 63.8 Å². The highest BCUT2D eigenvalue weighted by Gasteiger charge is 2.23. The van der Waals surface area contributed by atoms with Gasteiger partial charge in [0.1, 0.15) is 12.3 Å². The van der Waals surface area contributed by atoms with E-state index in [1.807, 2.05) is 33.0 Å². The number of nitrogens with one attached hydrogen (secondary N) is 2. The summed E-state index contributed by atoms with van der Waals surface area (Å²) in [6.45, 7) is 5.94. The van der Waals surface area contributed by atoms with Crippen molar-refractivity contribution in [1.29, 1.82) is 0 Å². The summed E-state index contributed by atoms with van der Waals surface area (Å²) >= 11 is 0. The van der Waals surface area contributed by atoms with E-state index in [0.29, 0.717) is 17.8 Å². The second-order valence-electron chi connectivity index (χ2n) is 5.88. The number of hydrogen-bond acceptors (Lipinski definition) is 3. The fourth-order valence-corrected chi connectivity index (χ4v) is 2.27. The second kappa shape index (κ2) is 7.24. The molecule has 5 heteroatoms. The molecule has 0 aliphatic heterocycles. The Kier molecular flexibility index (Phi) is 5.34. The molecule has 1 aromatic heterocycles. The van der Waals surface area contributed by atoms with Gasteiger partial charge in [-0.2, -0.15) is 0 Å². The fraction of sp³-hybridized carbons (Fsp3) is 0.333. The van der Waals surface area contributed by atoms with Crippen LogP contribution in [0.25, 0.3) is 0 Å². The van der Waals surface area contributed by atoms with Gasteiger partial charge in [-0.05, 0) is 57.2 Å². The van der Waals surface area contributed by atoms with E-state index in [2.05, 4.69) is 5.32 Å². The molecule has 2 atom stereocenters. The van der Waals surface area contributed by atoms with Crippen LogP contribution in [0, 0.1) is 6.92 Å². The highest BCUT2D eigenvalue weighted by molar-refractivity contribution is 5.96. The maximum atomic E-state index is 12.3. The van der Waals surface area contributed by atoms with Crippen LogP contribution in [0.15, 0.2) is 40.8 Å². The number of rotatable bonds is 6. The molecule has 0 saturated carbocycles. The minimum Gasteiger partial charge on any atom is -0.460 e. The molecule has 2 N–H and O–H groups in total. The van der Waals surface area contributed by atoms with Gasteiger partial charge in [-0.25, -0.2) is 0 Å². The molecule has 0 spiro atoms. The van der Waals surface area contributed by atoms with Crippen molar-refractivity contribution in [3.63, 3.8) is 0 Å². The number of likely N-dealkylation sites (N-methyl/N-ethyl adjacent to an activating group) is 1. The lowest BCUT2D eigenvalue weighted by Gasteiger charge is -2.20. The summed E-state index contributed by atoms with van der Waals surface area (Å²) in [6.07, 6.45) is 0. The van der Waals surface area contributed by atoms with Crippen LogP contribution in [-0.2, 0) is 11.3 Å². The van der Waals surface area contributed by atoms with E-state index in [9.17, 15) is 9.59 Å². The lowest BCUT2D eigenvalue weighted by molar-refractivity contribution is -0.908. The molecular formula is C18H23N2O3+. The van der Waals surface area contributed by atoms with Gasteiger partial charge in [0.05, 0.1) is 7.05 Å². The Bertz CT molecular complexity index is 689. The molecule has 5 nitrogen and oxygen atoms in total. The molecule has 0 saturated heterocycles. The van der Waals surface area contributed by atoms with E-state index in [1.165, 1.54) is 6.92 Å². The van der Waals surface area contributed by atoms with E-state index >= 15 is 0 Å². The molecule has 2 aromatic rings. The third kappa shape index (κ3) is 4.53. The number of aryl methyl sites for hydroxylation is 1. The molecule has 1 heterocycles. The summed E-state index contributed by atoms with van der Waals surface area (Å²) in [6, 6.07) is 10.5. The minimum atomic E-state index is -0.229. The Balaban J connectivity index is 1.94. The van der Waals surface area contributed by atoms with Crippen LogP contribution >= 0.6 is 0 Å². The summed E-state index contributed by atoms with van der Waals surface area (Å²) in [5.41, 5.74) is 1.32. The molecule has 1 aromatic carbocycles. The van der Waals surface area contributed by atoms with E-state index in [0.717, 1.165) is 16.4 Å². The Hall–Kier alpha value is -2.40. The standard InChI is InChI=1S/C18H22N2O3/c1-12-5-10-17(23-12)11-20(4)13(2)18(22)19-16-8-6-15(7-9-16)14(3)21/h5-10,13H,11H2,1-4H3,(H,19,22)/p+1/t13-/m1/s1. The van der Waals surface area contributed by atoms with E-state index < -0.39 is 0 Å². The maximum Gasteiger partial charge on any atom is 0.282 e. The van der Waals surface area contributed by atoms with Gasteiger partial charge in [-0.3, -0.25) is 9.59 Å². The van der Waals surface area contributed by atoms with Crippen LogP contribution in [0.1, 0.15) is 35.7 Å². The average Bonchev–Trinajstić information content (AvgIpc) is 2.92. The molecule has 0 aliphatic rings. The number of ketones is 1. The summed E-state index contributed by atoms with van der Waals surface area (Å²) in [5, 5.41) is 2.88. The molecule has 23 heavy (non-hydrogen) atoms. The first-order chi connectivity index (χ1) is 10.9. The maximum absolute atomic E-state index is 12.3. The van der Waals surface area contributed by atoms with Crippen LogP contribution in [0.3, 0.4) is 0 Å². The number of quaternary nitrogens is 1. The predicted molar refractivity (Wildman–Crippen MR) is 88.6 cm³/mol. The molecule has 0 bridgehead atoms. The monoisotopic (exact) mass is 315 g/mol. The molecular weight excluding hydrogens is 292 g/mol. The van der Waals surface area contributed by atoms with E-state index in [4.69, 9.17) is 4.42 Å². The van der Waals surface area contributed by atoms with Crippen molar-refractivity contribution < 1.29 is 18.9 Å². The normalized spacial score (nSPS) is 13.4. The first-order valence-electron chi connectivity index (χ1n) is 7.66. The van der Waals surface area contributed by atoms with Crippen molar-refractivity contribution in [3.8, 4) is 0 Å². The predicted octanol–water partition coefficient (Wildman–Crippen LogP) is 1.83. The largest absolute Gasteiger partial charge is 0.460 e. The van der Waals surface area contributed by atoms with Crippen molar-refractivity contribution in [3.05, 3.63) is 53.5 Å². The minimum absolute atomic E-state index is 0.00848. The highest BCUT2D eigenvalue weighted by Crippen LogP contribution is 2.10. The van der Waals surface area contributed by atoms with Gasteiger partial charge < -0.3 is 14.6 Å². The molecule has 1 unspecified atom stereocenters. The van der Waals surface area contributed by atoms with Crippen LogP contribution in [-0.4, -0.2) is 24.8 Å². The zero-order valence-corrected chi connectivity index (χ0v) is 14.0. The molecule has 1 amide bonds. The van der Waals surface area contributed by atoms with Gasteiger partial charge in [-0.15, -0.1) is 0 Å². The fourth-order valence-electron chi connectivity index (χ4n) is 2.27. The van der Waals surface area contributed by atoms with Crippen LogP contribution in [0.5, 0.6) is 0 Å². The molecule has 0 fully saturated rings. The molecule has 122 valence electrons. The zero-order valence-electron chi connectivity index (χ0n) is 14.0. The Morgan fingerprint density at radius 3 is 2.35 bits per heavy atom. The lowest BCUT2D eigenvalue weighted by Crippen LogP contribution is -3.12. The van der Waals surface area contributed by atoms with Crippen molar-refractivity contribution >= 4 is 17.4 Å². The first-order valence-corrected chi connectivity index (χ1v) is 7.66. The van der Waals surface area contributed by atoms with Crippen LogP contribution in [0.2, 0.25) is 0 Å². The molecule has 2 rings (SSSR count). The Labute approximate surface area is 136 Å². The van der Waals surface area contributed by atoms with Crippen molar-refractivity contribution in [2.45, 2.75) is 33.4 Å². The van der Waals surface area contributed by atoms with Gasteiger partial charge in [0.2, 0.25) is 0 Å². The number of Topliss-reactive ketones (excluding diaryl/α,β-unsaturated/α-hetero) is 1. The number of furan rings is 1. The average molecular weight is 315 g/mol. The van der Waals surface area contributed by atoms with Crippen molar-refractivity contribution in [2.24, 2.45) is 0 Å². The number of hydrogen-bond donors (Lipinski definition) is 2. The lowest BCUT2D eigenvalue weighted by atomic mass is 10.1. The Morgan fingerprint density at radius 2 is 1.83 bits per heavy atom. The summed E-state index contributed by atoms with van der Waals surface area (Å²) < 4.78 is 5.55. The highest BCUT2D eigenvalue weighted by atomic mass is 16.3. The van der Waals surface area contributed by atoms with Gasteiger partial charge in [0.15, 0.2) is 17.6 Å². The first kappa shape index (κ1) is 17.0. The van der Waals surface area contributed by atoms with Gasteiger partial charge in [0, 0.05) is 11.3 Å². The number of amides is 1. The third-order valence-corrected chi connectivity index (χ3v) is 3.94. The molecule has 0 radical (unpaired) electrons. The molecule has 0 aliphatic carbocycles. The van der Waals surface area contributed by atoms with E-state index in [-0.39, 0.29) is 17.7 Å². The summed E-state index contributed by atoms with van der Waals surface area (Å²) in [7, 11) is 1.96. The third-order valence-electron chi connectivity index (χ3n) is 3.94. The second-order valence-corrected chi connectivity index (χ2v) is 5.88. The van der Waals surface area contributed by atoms with Crippen molar-refractivity contribution in [1.82, 2.24) is 0 Å². The number of carbonyl (C=O) groups is 2. The van der Waals surface area contributed by atoms with Crippen LogP contribution in [0.4, 0.5) is 5.69 Å². The SMILES string of the molecule is CC(=O)c1ccc(NC(=O)[C@@H](C)[NH+](C)Cc2ccc(C)o2)cc1. The Morgan fingerprint density at radius 1 is 1.17 bits per heavy atom. The number of anilines is 1. The smallest absolute Gasteiger partial charge is 0.282 e. The number of carbonyl (C=O) groups excluding carboxylic acids is 2. The quantitative estimate of drug-likeness (QED) is 0.800. The summed E-state index contributed by atoms with van der Waals surface area (Å²) in [4.78, 5) is 24.6. The number of benzene rings is 1.